The fourth-order valence-electron chi connectivity index (χ4n) is 2.06. The molecule has 19 heavy (non-hydrogen) atoms. The highest BCUT2D eigenvalue weighted by molar-refractivity contribution is 7.80. The minimum Gasteiger partial charge on any atom is -0.413 e. The van der Waals surface area contributed by atoms with Gasteiger partial charge in [-0.05, 0) is 29.3 Å². The van der Waals surface area contributed by atoms with Crippen molar-refractivity contribution in [2.45, 2.75) is 18.6 Å². The lowest BCUT2D eigenvalue weighted by Gasteiger charge is -2.19. The Morgan fingerprint density at radius 1 is 0.895 bits per heavy atom. The molecule has 0 heterocycles. The third-order valence-electron chi connectivity index (χ3n) is 3.04. The van der Waals surface area contributed by atoms with Crippen molar-refractivity contribution in [2.24, 2.45) is 0 Å². The molecule has 3 heteroatoms. The van der Waals surface area contributed by atoms with Gasteiger partial charge in [-0.25, -0.2) is 0 Å². The Balaban J connectivity index is 2.10. The van der Waals surface area contributed by atoms with E-state index >= 15 is 0 Å². The largest absolute Gasteiger partial charge is 0.413 e. The molecule has 0 amide bonds. The van der Waals surface area contributed by atoms with Crippen molar-refractivity contribution in [3.63, 3.8) is 0 Å². The summed E-state index contributed by atoms with van der Waals surface area (Å²) in [5, 5.41) is 0. The average Bonchev–Trinajstić information content (AvgIpc) is 2.49. The molecule has 2 aromatic rings. The molecule has 0 saturated heterocycles. The normalized spacial score (nSPS) is 11.5. The van der Waals surface area contributed by atoms with E-state index in [1.165, 1.54) is 17.2 Å². The summed E-state index contributed by atoms with van der Waals surface area (Å²) in [4.78, 5) is 0. The zero-order valence-electron chi connectivity index (χ0n) is 11.0. The van der Waals surface area contributed by atoms with Crippen molar-refractivity contribution in [1.82, 2.24) is 0 Å². The van der Waals surface area contributed by atoms with Crippen LogP contribution in [0, 0.1) is 0 Å². The number of rotatable bonds is 7. The van der Waals surface area contributed by atoms with Crippen molar-refractivity contribution >= 4 is 22.4 Å². The smallest absolute Gasteiger partial charge is 0.162 e. The quantitative estimate of drug-likeness (QED) is 0.465. The molecule has 2 rings (SSSR count). The lowest BCUT2D eigenvalue weighted by molar-refractivity contribution is 0.260. The zero-order chi connectivity index (χ0) is 13.3. The predicted molar refractivity (Wildman–Crippen MR) is 87.6 cm³/mol. The molecule has 1 nitrogen and oxygen atoms in total. The third kappa shape index (κ3) is 4.53. The Labute approximate surface area is 123 Å². The summed E-state index contributed by atoms with van der Waals surface area (Å²) in [6.45, 7) is 0. The van der Waals surface area contributed by atoms with Gasteiger partial charge in [-0.1, -0.05) is 60.7 Å². The molecule has 0 saturated carbocycles. The van der Waals surface area contributed by atoms with Crippen LogP contribution in [0.25, 0.3) is 0 Å². The van der Waals surface area contributed by atoms with Crippen molar-refractivity contribution in [1.29, 1.82) is 0 Å². The summed E-state index contributed by atoms with van der Waals surface area (Å²) in [5.74, 6) is 0.956. The maximum Gasteiger partial charge on any atom is 0.162 e. The van der Waals surface area contributed by atoms with Gasteiger partial charge in [-0.15, -0.1) is 0 Å². The fourth-order valence-corrected chi connectivity index (χ4v) is 3.94. The standard InChI is InChI=1S/C16H20OSSi/c18-12-7-13-19-17-16(14-8-3-1-4-9-14)15-10-5-2-6-11-15/h1-6,8-11,16,18H,7,12-13,19H2. The molecular weight excluding hydrogens is 268 g/mol. The van der Waals surface area contributed by atoms with Gasteiger partial charge < -0.3 is 4.43 Å². The molecule has 0 aromatic heterocycles. The Morgan fingerprint density at radius 3 is 1.89 bits per heavy atom. The third-order valence-corrected chi connectivity index (χ3v) is 4.72. The van der Waals surface area contributed by atoms with Crippen LogP contribution >= 0.6 is 12.6 Å². The number of thiol groups is 1. The van der Waals surface area contributed by atoms with Crippen molar-refractivity contribution in [3.05, 3.63) is 71.8 Å². The van der Waals surface area contributed by atoms with Crippen LogP contribution in [0.4, 0.5) is 0 Å². The minimum atomic E-state index is -0.484. The Kier molecular flexibility index (Phi) is 6.21. The van der Waals surface area contributed by atoms with Crippen molar-refractivity contribution < 1.29 is 4.43 Å². The molecule has 0 unspecified atom stereocenters. The van der Waals surface area contributed by atoms with E-state index in [9.17, 15) is 0 Å². The van der Waals surface area contributed by atoms with E-state index in [0.717, 1.165) is 12.2 Å². The Bertz CT molecular complexity index is 421. The van der Waals surface area contributed by atoms with E-state index in [1.54, 1.807) is 0 Å². The molecule has 0 fully saturated rings. The highest BCUT2D eigenvalue weighted by atomic mass is 32.1. The van der Waals surface area contributed by atoms with Crippen LogP contribution in [-0.4, -0.2) is 15.5 Å². The predicted octanol–water partition coefficient (Wildman–Crippen LogP) is 3.61. The fraction of sp³-hybridized carbons (Fsp3) is 0.250. The maximum absolute atomic E-state index is 6.22. The van der Waals surface area contributed by atoms with E-state index < -0.39 is 9.76 Å². The second kappa shape index (κ2) is 8.20. The first-order chi connectivity index (χ1) is 9.42. The summed E-state index contributed by atoms with van der Waals surface area (Å²) < 4.78 is 6.22. The highest BCUT2D eigenvalue weighted by Crippen LogP contribution is 2.25. The monoisotopic (exact) mass is 288 g/mol. The van der Waals surface area contributed by atoms with Gasteiger partial charge in [0, 0.05) is 0 Å². The van der Waals surface area contributed by atoms with Crippen LogP contribution in [0.2, 0.25) is 6.04 Å². The zero-order valence-corrected chi connectivity index (χ0v) is 13.3. The van der Waals surface area contributed by atoms with Crippen LogP contribution in [0.15, 0.2) is 60.7 Å². The van der Waals surface area contributed by atoms with E-state index in [0.29, 0.717) is 0 Å². The van der Waals surface area contributed by atoms with E-state index in [2.05, 4.69) is 61.2 Å². The first-order valence-electron chi connectivity index (χ1n) is 6.74. The molecular formula is C16H20OSSi. The number of hydrogen-bond donors (Lipinski definition) is 1. The van der Waals surface area contributed by atoms with Gasteiger partial charge in [-0.2, -0.15) is 12.6 Å². The number of benzene rings is 2. The second-order valence-corrected chi connectivity index (χ2v) is 6.40. The highest BCUT2D eigenvalue weighted by Gasteiger charge is 2.13. The van der Waals surface area contributed by atoms with Crippen LogP contribution in [-0.2, 0) is 4.43 Å². The molecule has 0 atom stereocenters. The molecule has 0 aliphatic carbocycles. The van der Waals surface area contributed by atoms with Gasteiger partial charge in [-0.3, -0.25) is 0 Å². The van der Waals surface area contributed by atoms with Gasteiger partial charge in [0.1, 0.15) is 0 Å². The maximum atomic E-state index is 6.22. The molecule has 0 bridgehead atoms. The van der Waals surface area contributed by atoms with E-state index in [4.69, 9.17) is 4.43 Å². The SMILES string of the molecule is SCCC[SiH2]OC(c1ccccc1)c1ccccc1. The van der Waals surface area contributed by atoms with Crippen LogP contribution in [0.1, 0.15) is 23.7 Å². The summed E-state index contributed by atoms with van der Waals surface area (Å²) in [6, 6.07) is 22.2. The van der Waals surface area contributed by atoms with Gasteiger partial charge in [0.05, 0.1) is 6.10 Å². The Morgan fingerprint density at radius 2 is 1.42 bits per heavy atom. The first-order valence-corrected chi connectivity index (χ1v) is 8.95. The van der Waals surface area contributed by atoms with Gasteiger partial charge in [0.2, 0.25) is 0 Å². The molecule has 0 aliphatic rings. The van der Waals surface area contributed by atoms with Crippen LogP contribution in [0.3, 0.4) is 0 Å². The van der Waals surface area contributed by atoms with Gasteiger partial charge in [0.25, 0.3) is 0 Å². The molecule has 0 N–H and O–H groups in total. The van der Waals surface area contributed by atoms with E-state index in [1.807, 2.05) is 12.1 Å². The Hall–Kier alpha value is -1.03. The van der Waals surface area contributed by atoms with Gasteiger partial charge >= 0.3 is 0 Å². The topological polar surface area (TPSA) is 9.23 Å². The minimum absolute atomic E-state index is 0.0917. The number of hydrogen-bond acceptors (Lipinski definition) is 2. The summed E-state index contributed by atoms with van der Waals surface area (Å²) in [7, 11) is -0.484. The summed E-state index contributed by atoms with van der Waals surface area (Å²) >= 11 is 4.25. The molecule has 0 spiro atoms. The van der Waals surface area contributed by atoms with E-state index in [-0.39, 0.29) is 6.10 Å². The second-order valence-electron chi connectivity index (χ2n) is 4.50. The van der Waals surface area contributed by atoms with Crippen LogP contribution in [0.5, 0.6) is 0 Å². The summed E-state index contributed by atoms with van der Waals surface area (Å²) in [6.07, 6.45) is 1.25. The molecule has 2 aromatic carbocycles. The lowest BCUT2D eigenvalue weighted by Crippen LogP contribution is -2.09. The average molecular weight is 288 g/mol. The van der Waals surface area contributed by atoms with Crippen molar-refractivity contribution in [2.75, 3.05) is 5.75 Å². The summed E-state index contributed by atoms with van der Waals surface area (Å²) in [5.41, 5.74) is 2.49. The van der Waals surface area contributed by atoms with Gasteiger partial charge in [0.15, 0.2) is 9.76 Å². The van der Waals surface area contributed by atoms with Crippen LogP contribution < -0.4 is 0 Å². The first kappa shape index (κ1) is 14.4. The lowest BCUT2D eigenvalue weighted by atomic mass is 10.0. The van der Waals surface area contributed by atoms with Crippen molar-refractivity contribution in [3.8, 4) is 0 Å². The molecule has 0 aliphatic heterocycles. The molecule has 0 radical (unpaired) electrons. The molecule has 100 valence electrons.